The van der Waals surface area contributed by atoms with Gasteiger partial charge in [0.1, 0.15) is 0 Å². The third kappa shape index (κ3) is 2.16. The quantitative estimate of drug-likeness (QED) is 0.532. The van der Waals surface area contributed by atoms with Gasteiger partial charge in [-0.25, -0.2) is 0 Å². The summed E-state index contributed by atoms with van der Waals surface area (Å²) in [6, 6.07) is 6.27. The number of imidazole rings is 1. The molecule has 0 aliphatic heterocycles. The summed E-state index contributed by atoms with van der Waals surface area (Å²) < 4.78 is 2.92. The van der Waals surface area contributed by atoms with Crippen LogP contribution >= 0.6 is 46.8 Å². The number of nitrogens with zero attached hydrogens (tertiary/aromatic N) is 1. The molecule has 0 bridgehead atoms. The van der Waals surface area contributed by atoms with E-state index < -0.39 is 0 Å². The maximum atomic E-state index is 6.20. The summed E-state index contributed by atoms with van der Waals surface area (Å²) in [4.78, 5) is 4.73. The van der Waals surface area contributed by atoms with Crippen LogP contribution in [0.4, 0.5) is 0 Å². The zero-order valence-electron chi connectivity index (χ0n) is 11.0. The number of benzene rings is 1. The van der Waals surface area contributed by atoms with Crippen LogP contribution in [0.25, 0.3) is 11.0 Å². The van der Waals surface area contributed by atoms with E-state index >= 15 is 0 Å². The lowest BCUT2D eigenvalue weighted by Crippen LogP contribution is -2.15. The molecule has 1 atom stereocenters. The van der Waals surface area contributed by atoms with Crippen molar-refractivity contribution in [2.24, 2.45) is 0 Å². The molecule has 0 saturated carbocycles. The largest absolute Gasteiger partial charge is 0.331 e. The Morgan fingerprint density at radius 3 is 2.95 bits per heavy atom. The van der Waals surface area contributed by atoms with E-state index in [0.717, 1.165) is 22.2 Å². The van der Waals surface area contributed by atoms with Gasteiger partial charge in [-0.05, 0) is 60.6 Å². The van der Waals surface area contributed by atoms with E-state index in [-0.39, 0.29) is 0 Å². The number of aromatic amines is 1. The number of thiophene rings is 1. The van der Waals surface area contributed by atoms with Gasteiger partial charge >= 0.3 is 0 Å². The molecular formula is C15H12Cl2N2S2. The number of halogens is 2. The molecule has 108 valence electrons. The third-order valence-electron chi connectivity index (χ3n) is 4.09. The second kappa shape index (κ2) is 5.13. The van der Waals surface area contributed by atoms with Gasteiger partial charge < -0.3 is 9.55 Å². The smallest absolute Gasteiger partial charge is 0.178 e. The van der Waals surface area contributed by atoms with Crippen LogP contribution in [0.2, 0.25) is 10.0 Å². The molecule has 21 heavy (non-hydrogen) atoms. The Morgan fingerprint density at radius 1 is 1.29 bits per heavy atom. The van der Waals surface area contributed by atoms with Gasteiger partial charge in [0.2, 0.25) is 0 Å². The Labute approximate surface area is 141 Å². The fourth-order valence-corrected chi connectivity index (χ4v) is 4.80. The molecule has 4 rings (SSSR count). The summed E-state index contributed by atoms with van der Waals surface area (Å²) in [6.07, 6.45) is 3.46. The minimum absolute atomic E-state index is 0.290. The van der Waals surface area contributed by atoms with Crippen molar-refractivity contribution in [2.75, 3.05) is 0 Å². The Bertz CT molecular complexity index is 891. The van der Waals surface area contributed by atoms with Gasteiger partial charge in [-0.15, -0.1) is 11.3 Å². The molecule has 0 spiro atoms. The molecule has 2 nitrogen and oxygen atoms in total. The second-order valence-corrected chi connectivity index (χ2v) is 7.49. The lowest BCUT2D eigenvalue weighted by molar-refractivity contribution is 0.501. The molecule has 1 aliphatic rings. The predicted molar refractivity (Wildman–Crippen MR) is 92.5 cm³/mol. The molecule has 3 aromatic rings. The van der Waals surface area contributed by atoms with E-state index in [4.69, 9.17) is 35.4 Å². The van der Waals surface area contributed by atoms with Gasteiger partial charge in [-0.1, -0.05) is 23.2 Å². The Morgan fingerprint density at radius 2 is 2.10 bits per heavy atom. The number of rotatable bonds is 1. The molecule has 1 aromatic carbocycles. The van der Waals surface area contributed by atoms with Crippen molar-refractivity contribution in [2.45, 2.75) is 25.3 Å². The minimum atomic E-state index is 0.290. The van der Waals surface area contributed by atoms with E-state index in [1.807, 2.05) is 23.5 Å². The van der Waals surface area contributed by atoms with Crippen LogP contribution in [0.15, 0.2) is 23.6 Å². The summed E-state index contributed by atoms with van der Waals surface area (Å²) in [5.41, 5.74) is 3.37. The van der Waals surface area contributed by atoms with Gasteiger partial charge in [-0.3, -0.25) is 0 Å². The maximum Gasteiger partial charge on any atom is 0.178 e. The monoisotopic (exact) mass is 354 g/mol. The number of hydrogen-bond acceptors (Lipinski definition) is 2. The molecule has 0 fully saturated rings. The number of H-pyrrole nitrogens is 1. The van der Waals surface area contributed by atoms with Crippen molar-refractivity contribution < 1.29 is 0 Å². The van der Waals surface area contributed by atoms with Crippen molar-refractivity contribution >= 4 is 57.8 Å². The summed E-state index contributed by atoms with van der Waals surface area (Å²) in [5, 5.41) is 3.28. The first-order valence-electron chi connectivity index (χ1n) is 6.80. The highest BCUT2D eigenvalue weighted by atomic mass is 35.5. The first kappa shape index (κ1) is 13.8. The van der Waals surface area contributed by atoms with Crippen LogP contribution < -0.4 is 0 Å². The van der Waals surface area contributed by atoms with Crippen molar-refractivity contribution in [3.8, 4) is 0 Å². The molecule has 0 saturated heterocycles. The Hall–Kier alpha value is -0.810. The SMILES string of the molecule is S=c1[nH]c2cc(Cl)c(Cl)cc2n1C1CCCc2sccc21. The normalized spacial score (nSPS) is 18.1. The standard InChI is InChI=1S/C15H12Cl2N2S2/c16-9-6-11-13(7-10(9)17)19(15(20)18-11)12-2-1-3-14-8(12)4-5-21-14/h4-7,12H,1-3H2,(H,18,20). The molecular weight excluding hydrogens is 343 g/mol. The zero-order chi connectivity index (χ0) is 14.6. The van der Waals surface area contributed by atoms with Crippen molar-refractivity contribution in [3.63, 3.8) is 0 Å². The molecule has 2 heterocycles. The molecule has 0 amide bonds. The van der Waals surface area contributed by atoms with Crippen molar-refractivity contribution in [3.05, 3.63) is 48.8 Å². The highest BCUT2D eigenvalue weighted by molar-refractivity contribution is 7.71. The highest BCUT2D eigenvalue weighted by Crippen LogP contribution is 2.38. The van der Waals surface area contributed by atoms with E-state index in [1.165, 1.54) is 23.3 Å². The first-order chi connectivity index (χ1) is 10.1. The third-order valence-corrected chi connectivity index (χ3v) is 6.11. The average Bonchev–Trinajstić information content (AvgIpc) is 3.03. The number of hydrogen-bond donors (Lipinski definition) is 1. The molecule has 6 heteroatoms. The molecule has 1 unspecified atom stereocenters. The lowest BCUT2D eigenvalue weighted by atomic mass is 9.94. The van der Waals surface area contributed by atoms with Crippen molar-refractivity contribution in [1.29, 1.82) is 0 Å². The van der Waals surface area contributed by atoms with Gasteiger partial charge in [-0.2, -0.15) is 0 Å². The summed E-state index contributed by atoms with van der Waals surface area (Å²) >= 11 is 19.7. The number of nitrogens with one attached hydrogen (secondary N) is 1. The van der Waals surface area contributed by atoms with E-state index in [2.05, 4.69) is 21.0 Å². The summed E-state index contributed by atoms with van der Waals surface area (Å²) in [6.45, 7) is 0. The van der Waals surface area contributed by atoms with Crippen LogP contribution in [-0.2, 0) is 6.42 Å². The Kier molecular flexibility index (Phi) is 3.38. The molecule has 1 aliphatic carbocycles. The van der Waals surface area contributed by atoms with Gasteiger partial charge in [0.15, 0.2) is 4.77 Å². The Balaban J connectivity index is 1.98. The van der Waals surface area contributed by atoms with Crippen molar-refractivity contribution in [1.82, 2.24) is 9.55 Å². The predicted octanol–water partition coefficient (Wildman–Crippen LogP) is 5.99. The highest BCUT2D eigenvalue weighted by Gasteiger charge is 2.25. The van der Waals surface area contributed by atoms with Gasteiger partial charge in [0.05, 0.1) is 27.1 Å². The lowest BCUT2D eigenvalue weighted by Gasteiger charge is -2.24. The van der Waals surface area contributed by atoms with Crippen LogP contribution in [0.1, 0.15) is 29.3 Å². The number of fused-ring (bicyclic) bond motifs is 2. The summed E-state index contributed by atoms with van der Waals surface area (Å²) in [5.74, 6) is 0. The van der Waals surface area contributed by atoms with Crippen LogP contribution in [-0.4, -0.2) is 9.55 Å². The first-order valence-corrected chi connectivity index (χ1v) is 8.85. The van der Waals surface area contributed by atoms with Gasteiger partial charge in [0, 0.05) is 4.88 Å². The fraction of sp³-hybridized carbons (Fsp3) is 0.267. The summed E-state index contributed by atoms with van der Waals surface area (Å²) in [7, 11) is 0. The van der Waals surface area contributed by atoms with Crippen LogP contribution in [0, 0.1) is 4.77 Å². The molecule has 2 aromatic heterocycles. The van der Waals surface area contributed by atoms with E-state index in [9.17, 15) is 0 Å². The van der Waals surface area contributed by atoms with E-state index in [1.54, 1.807) is 0 Å². The van der Waals surface area contributed by atoms with Gasteiger partial charge in [0.25, 0.3) is 0 Å². The zero-order valence-corrected chi connectivity index (χ0v) is 14.2. The molecule has 0 radical (unpaired) electrons. The average molecular weight is 355 g/mol. The number of aromatic nitrogens is 2. The number of aryl methyl sites for hydroxylation is 1. The topological polar surface area (TPSA) is 20.7 Å². The van der Waals surface area contributed by atoms with E-state index in [0.29, 0.717) is 16.1 Å². The van der Waals surface area contributed by atoms with Crippen LogP contribution in [0.5, 0.6) is 0 Å². The molecule has 1 N–H and O–H groups in total. The minimum Gasteiger partial charge on any atom is -0.331 e. The van der Waals surface area contributed by atoms with Crippen LogP contribution in [0.3, 0.4) is 0 Å². The maximum absolute atomic E-state index is 6.20. The second-order valence-electron chi connectivity index (χ2n) is 5.29. The fourth-order valence-electron chi connectivity index (χ4n) is 3.16.